The molecule has 0 aliphatic heterocycles. The Labute approximate surface area is 229 Å². The summed E-state index contributed by atoms with van der Waals surface area (Å²) in [6, 6.07) is 13.7. The van der Waals surface area contributed by atoms with Crippen molar-refractivity contribution >= 4 is 32.6 Å². The maximum atomic E-state index is 11.9. The molecule has 11 nitrogen and oxygen atoms in total. The van der Waals surface area contributed by atoms with Crippen molar-refractivity contribution in [1.82, 2.24) is 34.9 Å². The van der Waals surface area contributed by atoms with Crippen molar-refractivity contribution in [2.24, 2.45) is 0 Å². The van der Waals surface area contributed by atoms with Crippen LogP contribution in [0, 0.1) is 0 Å². The zero-order valence-corrected chi connectivity index (χ0v) is 22.9. The highest BCUT2D eigenvalue weighted by molar-refractivity contribution is 7.90. The number of rotatable bonds is 7. The fourth-order valence-corrected chi connectivity index (χ4v) is 4.54. The zero-order chi connectivity index (χ0) is 27.7. The lowest BCUT2D eigenvalue weighted by molar-refractivity contribution is 0.398. The van der Waals surface area contributed by atoms with Crippen molar-refractivity contribution in [3.8, 4) is 34.5 Å². The van der Waals surface area contributed by atoms with E-state index < -0.39 is 9.84 Å². The highest BCUT2D eigenvalue weighted by Crippen LogP contribution is 2.33. The molecule has 4 heterocycles. The molecule has 0 amide bonds. The number of methoxy groups -OCH3 is 1. The van der Waals surface area contributed by atoms with E-state index in [0.717, 1.165) is 6.26 Å². The van der Waals surface area contributed by atoms with Crippen LogP contribution >= 0.6 is 11.6 Å². The number of nitrogens with zero attached hydrogens (tertiary/aromatic N) is 7. The quantitative estimate of drug-likeness (QED) is 0.271. The molecule has 39 heavy (non-hydrogen) atoms. The summed E-state index contributed by atoms with van der Waals surface area (Å²) in [6.45, 7) is 3.69. The van der Waals surface area contributed by atoms with Crippen molar-refractivity contribution in [2.75, 3.05) is 13.4 Å². The SMILES string of the molecule is COc1cc(-c2nnc(/C(C)=C(\C)c3nnc(-c4ccc(S(C)(=O)=O)cn4)n3-c3ccccc3Cl)o2)ccn1. The standard InChI is InChI=1S/C26H22ClN7O4S/c1-15(16(2)25-32-33-26(38-25)17-11-12-28-22(13-17)37-3)23-30-31-24(34(23)21-8-6-5-7-19(21)27)20-10-9-18(14-29-20)39(4,35)36/h5-14H,1-4H3/b16-15+. The van der Waals surface area contributed by atoms with E-state index in [-0.39, 0.29) is 4.90 Å². The van der Waals surface area contributed by atoms with Crippen LogP contribution in [0.4, 0.5) is 0 Å². The van der Waals surface area contributed by atoms with Crippen LogP contribution in [-0.4, -0.2) is 56.7 Å². The van der Waals surface area contributed by atoms with E-state index >= 15 is 0 Å². The number of benzene rings is 1. The molecule has 0 aliphatic rings. The number of halogens is 1. The van der Waals surface area contributed by atoms with Gasteiger partial charge >= 0.3 is 0 Å². The molecular formula is C26H22ClN7O4S. The van der Waals surface area contributed by atoms with E-state index in [1.54, 1.807) is 35.0 Å². The second kappa shape index (κ2) is 10.4. The zero-order valence-electron chi connectivity index (χ0n) is 21.3. The third-order valence-electron chi connectivity index (χ3n) is 5.98. The van der Waals surface area contributed by atoms with E-state index in [2.05, 4.69) is 30.4 Å². The summed E-state index contributed by atoms with van der Waals surface area (Å²) in [5, 5.41) is 17.7. The number of allylic oxidation sites excluding steroid dienone is 2. The van der Waals surface area contributed by atoms with E-state index in [4.69, 9.17) is 20.8 Å². The number of ether oxygens (including phenoxy) is 1. The highest BCUT2D eigenvalue weighted by Gasteiger charge is 2.23. The molecule has 0 fully saturated rings. The molecule has 0 N–H and O–H groups in total. The van der Waals surface area contributed by atoms with E-state index in [1.165, 1.54) is 19.4 Å². The van der Waals surface area contributed by atoms with Crippen LogP contribution in [0.3, 0.4) is 0 Å². The molecule has 0 saturated carbocycles. The van der Waals surface area contributed by atoms with Crippen molar-refractivity contribution in [3.05, 3.63) is 77.7 Å². The Morgan fingerprint density at radius 2 is 1.77 bits per heavy atom. The van der Waals surface area contributed by atoms with Gasteiger partial charge in [0, 0.05) is 41.4 Å². The first-order chi connectivity index (χ1) is 18.7. The van der Waals surface area contributed by atoms with Gasteiger partial charge in [-0.25, -0.2) is 13.4 Å². The van der Waals surface area contributed by atoms with Crippen molar-refractivity contribution in [1.29, 1.82) is 0 Å². The van der Waals surface area contributed by atoms with Crippen LogP contribution in [0.15, 0.2) is 70.2 Å². The highest BCUT2D eigenvalue weighted by atomic mass is 35.5. The van der Waals surface area contributed by atoms with E-state index in [0.29, 0.717) is 62.4 Å². The van der Waals surface area contributed by atoms with Crippen molar-refractivity contribution in [2.45, 2.75) is 18.7 Å². The van der Waals surface area contributed by atoms with Gasteiger partial charge in [-0.2, -0.15) is 0 Å². The molecule has 5 aromatic rings. The second-order valence-electron chi connectivity index (χ2n) is 8.53. The van der Waals surface area contributed by atoms with Gasteiger partial charge in [-0.05, 0) is 44.2 Å². The van der Waals surface area contributed by atoms with Crippen LogP contribution < -0.4 is 4.74 Å². The molecular weight excluding hydrogens is 542 g/mol. The van der Waals surface area contributed by atoms with Gasteiger partial charge in [0.15, 0.2) is 21.5 Å². The number of hydrogen-bond acceptors (Lipinski definition) is 10. The van der Waals surface area contributed by atoms with Gasteiger partial charge in [0.1, 0.15) is 5.69 Å². The summed E-state index contributed by atoms with van der Waals surface area (Å²) < 4.78 is 36.7. The van der Waals surface area contributed by atoms with Crippen LogP contribution in [0.1, 0.15) is 25.6 Å². The summed E-state index contributed by atoms with van der Waals surface area (Å²) in [7, 11) is -1.88. The Morgan fingerprint density at radius 3 is 2.46 bits per heavy atom. The van der Waals surface area contributed by atoms with Crippen molar-refractivity contribution < 1.29 is 17.6 Å². The molecule has 0 unspecified atom stereocenters. The Bertz CT molecular complexity index is 1810. The minimum absolute atomic E-state index is 0.0984. The Balaban J connectivity index is 1.62. The number of aromatic nitrogens is 7. The average molecular weight is 564 g/mol. The maximum Gasteiger partial charge on any atom is 0.248 e. The minimum atomic E-state index is -3.41. The fourth-order valence-electron chi connectivity index (χ4n) is 3.76. The predicted octanol–water partition coefficient (Wildman–Crippen LogP) is 4.79. The Hall–Kier alpha value is -4.42. The van der Waals surface area contributed by atoms with Crippen LogP contribution in [0.5, 0.6) is 5.88 Å². The van der Waals surface area contributed by atoms with Crippen LogP contribution in [0.25, 0.3) is 39.8 Å². The molecule has 0 aliphatic carbocycles. The molecule has 0 radical (unpaired) electrons. The predicted molar refractivity (Wildman–Crippen MR) is 145 cm³/mol. The largest absolute Gasteiger partial charge is 0.481 e. The molecule has 0 saturated heterocycles. The summed E-state index contributed by atoms with van der Waals surface area (Å²) in [5.74, 6) is 1.87. The number of sulfone groups is 1. The van der Waals surface area contributed by atoms with Gasteiger partial charge in [0.25, 0.3) is 0 Å². The first-order valence-corrected chi connectivity index (χ1v) is 13.8. The van der Waals surface area contributed by atoms with Gasteiger partial charge in [0.05, 0.1) is 22.7 Å². The molecule has 0 atom stereocenters. The fraction of sp³-hybridized carbons (Fsp3) is 0.154. The lowest BCUT2D eigenvalue weighted by atomic mass is 10.1. The third kappa shape index (κ3) is 5.16. The van der Waals surface area contributed by atoms with Gasteiger partial charge < -0.3 is 9.15 Å². The molecule has 13 heteroatoms. The number of hydrogen-bond donors (Lipinski definition) is 0. The summed E-state index contributed by atoms with van der Waals surface area (Å²) >= 11 is 6.58. The Morgan fingerprint density at radius 1 is 0.974 bits per heavy atom. The molecule has 0 bridgehead atoms. The lowest BCUT2D eigenvalue weighted by Crippen LogP contribution is -2.05. The summed E-state index contributed by atoms with van der Waals surface area (Å²) in [4.78, 5) is 8.54. The molecule has 0 spiro atoms. The van der Waals surface area contributed by atoms with Gasteiger partial charge in [-0.1, -0.05) is 23.7 Å². The van der Waals surface area contributed by atoms with Gasteiger partial charge in [0.2, 0.25) is 17.7 Å². The minimum Gasteiger partial charge on any atom is -0.481 e. The molecule has 1 aromatic carbocycles. The number of pyridine rings is 2. The number of para-hydroxylation sites is 1. The monoisotopic (exact) mass is 563 g/mol. The van der Waals surface area contributed by atoms with E-state index in [1.807, 2.05) is 32.0 Å². The average Bonchev–Trinajstić information content (AvgIpc) is 3.60. The van der Waals surface area contributed by atoms with Crippen LogP contribution in [0.2, 0.25) is 5.02 Å². The topological polar surface area (TPSA) is 139 Å². The van der Waals surface area contributed by atoms with Gasteiger partial charge in [-0.15, -0.1) is 20.4 Å². The first-order valence-electron chi connectivity index (χ1n) is 11.6. The molecule has 5 rings (SSSR count). The summed E-state index contributed by atoms with van der Waals surface area (Å²) in [6.07, 6.45) is 4.01. The normalized spacial score (nSPS) is 12.3. The third-order valence-corrected chi connectivity index (χ3v) is 7.40. The van der Waals surface area contributed by atoms with E-state index in [9.17, 15) is 8.42 Å². The van der Waals surface area contributed by atoms with Crippen molar-refractivity contribution in [3.63, 3.8) is 0 Å². The molecule has 198 valence electrons. The first kappa shape index (κ1) is 26.2. The van der Waals surface area contributed by atoms with Crippen LogP contribution in [-0.2, 0) is 9.84 Å². The van der Waals surface area contributed by atoms with Gasteiger partial charge in [-0.3, -0.25) is 9.55 Å². The molecule has 4 aromatic heterocycles. The Kier molecular flexibility index (Phi) is 6.98. The maximum absolute atomic E-state index is 11.9. The second-order valence-corrected chi connectivity index (χ2v) is 11.0. The summed E-state index contributed by atoms with van der Waals surface area (Å²) in [5.41, 5.74) is 3.06. The lowest BCUT2D eigenvalue weighted by Gasteiger charge is -2.13. The smallest absolute Gasteiger partial charge is 0.248 e.